The number of rotatable bonds is 14. The van der Waals surface area contributed by atoms with E-state index in [1.54, 1.807) is 19.4 Å². The van der Waals surface area contributed by atoms with Crippen LogP contribution in [0.3, 0.4) is 0 Å². The monoisotopic (exact) mass is 582 g/mol. The fourth-order valence-electron chi connectivity index (χ4n) is 4.39. The maximum atomic E-state index is 12.3. The minimum absolute atomic E-state index is 0.119. The number of nitrogens with two attached hydrogens (primary N) is 1. The molecule has 0 aliphatic carbocycles. The maximum Gasteiger partial charge on any atom is 0.267 e. The van der Waals surface area contributed by atoms with Crippen molar-refractivity contribution < 1.29 is 14.3 Å². The Balaban J connectivity index is 1.12. The molecule has 0 saturated carbocycles. The van der Waals surface area contributed by atoms with E-state index in [-0.39, 0.29) is 24.0 Å². The summed E-state index contributed by atoms with van der Waals surface area (Å²) < 4.78 is 5.50. The molecule has 0 bridgehead atoms. The number of carbonyl (C=O) groups excluding carboxylic acids is 2. The van der Waals surface area contributed by atoms with Crippen LogP contribution in [-0.2, 0) is 11.2 Å². The second kappa shape index (κ2) is 15.0. The summed E-state index contributed by atoms with van der Waals surface area (Å²) in [6.45, 7) is 6.14. The van der Waals surface area contributed by atoms with E-state index in [1.807, 2.05) is 18.2 Å². The fourth-order valence-corrected chi connectivity index (χ4v) is 4.56. The predicted octanol–water partition coefficient (Wildman–Crippen LogP) is 1.42. The number of hydrogen-bond acceptors (Lipinski definition) is 11. The van der Waals surface area contributed by atoms with Crippen LogP contribution in [0, 0.1) is 0 Å². The van der Waals surface area contributed by atoms with Crippen molar-refractivity contribution in [3.05, 3.63) is 59.1 Å². The lowest BCUT2D eigenvalue weighted by Crippen LogP contribution is -2.47. The Labute approximate surface area is 243 Å². The number of piperazine rings is 1. The van der Waals surface area contributed by atoms with Crippen molar-refractivity contribution in [3.8, 4) is 5.75 Å². The average molecular weight is 583 g/mol. The molecule has 41 heavy (non-hydrogen) atoms. The first-order chi connectivity index (χ1) is 19.9. The average Bonchev–Trinajstić information content (AvgIpc) is 2.98. The molecule has 3 aromatic rings. The normalized spacial score (nSPS) is 13.5. The first-order valence-electron chi connectivity index (χ1n) is 13.4. The highest BCUT2D eigenvalue weighted by Gasteiger charge is 2.20. The minimum Gasteiger partial charge on any atom is -0.495 e. The van der Waals surface area contributed by atoms with Crippen molar-refractivity contribution in [1.82, 2.24) is 30.2 Å². The lowest BCUT2D eigenvalue weighted by Gasteiger charge is -2.36. The number of primary amides is 1. The van der Waals surface area contributed by atoms with Crippen LogP contribution in [0.4, 0.5) is 17.6 Å². The summed E-state index contributed by atoms with van der Waals surface area (Å²) in [6, 6.07) is 8.86. The van der Waals surface area contributed by atoms with Gasteiger partial charge in [-0.15, -0.1) is 0 Å². The molecule has 0 unspecified atom stereocenters. The number of aromatic nitrogens is 4. The van der Waals surface area contributed by atoms with Gasteiger partial charge in [-0.3, -0.25) is 14.5 Å². The summed E-state index contributed by atoms with van der Waals surface area (Å²) in [5, 5.41) is 9.72. The molecule has 0 atom stereocenters. The molecule has 5 N–H and O–H groups in total. The van der Waals surface area contributed by atoms with E-state index in [2.05, 4.69) is 45.7 Å². The first kappa shape index (κ1) is 29.7. The summed E-state index contributed by atoms with van der Waals surface area (Å²) in [6.07, 6.45) is 4.16. The molecule has 14 heteroatoms. The van der Waals surface area contributed by atoms with Crippen LogP contribution in [0.25, 0.3) is 0 Å². The summed E-state index contributed by atoms with van der Waals surface area (Å²) in [4.78, 5) is 45.0. The topological polar surface area (TPSA) is 164 Å². The van der Waals surface area contributed by atoms with Crippen molar-refractivity contribution in [2.24, 2.45) is 5.73 Å². The van der Waals surface area contributed by atoms with Gasteiger partial charge in [-0.05, 0) is 43.3 Å². The Hall–Kier alpha value is -4.23. The number of ether oxygens (including phenoxy) is 1. The van der Waals surface area contributed by atoms with E-state index in [0.717, 1.165) is 57.1 Å². The maximum absolute atomic E-state index is 12.3. The highest BCUT2D eigenvalue weighted by Crippen LogP contribution is 2.31. The van der Waals surface area contributed by atoms with Crippen LogP contribution in [-0.4, -0.2) is 96.1 Å². The van der Waals surface area contributed by atoms with Crippen molar-refractivity contribution in [2.75, 3.05) is 75.0 Å². The van der Waals surface area contributed by atoms with E-state index >= 15 is 0 Å². The Morgan fingerprint density at radius 1 is 0.976 bits per heavy atom. The molecular weight excluding hydrogens is 548 g/mol. The van der Waals surface area contributed by atoms with E-state index in [0.29, 0.717) is 29.8 Å². The molecule has 0 radical (unpaired) electrons. The van der Waals surface area contributed by atoms with Gasteiger partial charge in [0, 0.05) is 63.2 Å². The zero-order chi connectivity index (χ0) is 29.0. The van der Waals surface area contributed by atoms with Crippen molar-refractivity contribution in [2.45, 2.75) is 12.8 Å². The highest BCUT2D eigenvalue weighted by atomic mass is 35.5. The molecular formula is C27H35ClN10O3. The van der Waals surface area contributed by atoms with Crippen molar-refractivity contribution in [1.29, 1.82) is 0 Å². The third kappa shape index (κ3) is 9.15. The Bertz CT molecular complexity index is 1320. The summed E-state index contributed by atoms with van der Waals surface area (Å²) >= 11 is 6.20. The van der Waals surface area contributed by atoms with E-state index < -0.39 is 5.91 Å². The van der Waals surface area contributed by atoms with Gasteiger partial charge in [0.2, 0.25) is 17.8 Å². The summed E-state index contributed by atoms with van der Waals surface area (Å²) in [7, 11) is 1.68. The lowest BCUT2D eigenvalue weighted by molar-refractivity contribution is -0.120. The van der Waals surface area contributed by atoms with Gasteiger partial charge in [0.15, 0.2) is 0 Å². The number of benzene rings is 1. The molecule has 13 nitrogen and oxygen atoms in total. The Kier molecular flexibility index (Phi) is 10.9. The molecule has 1 saturated heterocycles. The van der Waals surface area contributed by atoms with Gasteiger partial charge >= 0.3 is 0 Å². The number of amides is 2. The fraction of sp³-hybridized carbons (Fsp3) is 0.407. The molecule has 1 aliphatic heterocycles. The van der Waals surface area contributed by atoms with Crippen molar-refractivity contribution in [3.63, 3.8) is 0 Å². The van der Waals surface area contributed by atoms with E-state index in [1.165, 1.54) is 12.3 Å². The van der Waals surface area contributed by atoms with Gasteiger partial charge in [-0.25, -0.2) is 19.9 Å². The van der Waals surface area contributed by atoms with Gasteiger partial charge in [0.1, 0.15) is 11.4 Å². The van der Waals surface area contributed by atoms with Crippen molar-refractivity contribution >= 4 is 41.0 Å². The van der Waals surface area contributed by atoms with E-state index in [9.17, 15) is 9.59 Å². The predicted molar refractivity (Wildman–Crippen MR) is 158 cm³/mol. The smallest absolute Gasteiger partial charge is 0.267 e. The number of nitrogens with one attached hydrogen (secondary N) is 3. The molecule has 218 valence electrons. The number of hydrogen-bond donors (Lipinski definition) is 4. The zero-order valence-corrected chi connectivity index (χ0v) is 23.7. The van der Waals surface area contributed by atoms with Gasteiger partial charge in [-0.1, -0.05) is 11.6 Å². The van der Waals surface area contributed by atoms with Gasteiger partial charge in [0.05, 0.1) is 24.9 Å². The molecule has 2 aromatic heterocycles. The Morgan fingerprint density at radius 2 is 1.71 bits per heavy atom. The number of nitrogens with zero attached hydrogens (tertiary/aromatic N) is 6. The van der Waals surface area contributed by atoms with Gasteiger partial charge in [0.25, 0.3) is 5.91 Å². The number of halogens is 1. The van der Waals surface area contributed by atoms with Gasteiger partial charge in [-0.2, -0.15) is 0 Å². The molecule has 4 rings (SSSR count). The van der Waals surface area contributed by atoms with E-state index in [4.69, 9.17) is 22.1 Å². The third-order valence-electron chi connectivity index (χ3n) is 6.48. The third-order valence-corrected chi connectivity index (χ3v) is 6.72. The summed E-state index contributed by atoms with van der Waals surface area (Å²) in [5.74, 6) is 0.804. The molecule has 3 heterocycles. The number of carbonyl (C=O) groups is 2. The number of methoxy groups -OCH3 is 1. The minimum atomic E-state index is -0.631. The second-order valence-electron chi connectivity index (χ2n) is 9.38. The molecule has 2 amide bonds. The second-order valence-corrected chi connectivity index (χ2v) is 9.82. The van der Waals surface area contributed by atoms with Crippen LogP contribution in [0.15, 0.2) is 42.7 Å². The number of anilines is 3. The summed E-state index contributed by atoms with van der Waals surface area (Å²) in [5.41, 5.74) is 7.00. The van der Waals surface area contributed by atoms with Crippen LogP contribution in [0.5, 0.6) is 5.75 Å². The van der Waals surface area contributed by atoms with Gasteiger partial charge < -0.3 is 31.3 Å². The Morgan fingerprint density at radius 3 is 2.46 bits per heavy atom. The van der Waals surface area contributed by atoms with Crippen LogP contribution in [0.2, 0.25) is 5.02 Å². The SMILES string of the molecule is COc1ccc(Cl)cc1N1CCN(CCCNc2nccc(CC(=O)NCCNc3nccc(C(N)=O)n3)n2)CC1. The van der Waals surface area contributed by atoms with Crippen LogP contribution in [0.1, 0.15) is 22.6 Å². The lowest BCUT2D eigenvalue weighted by atomic mass is 10.2. The molecule has 1 fully saturated rings. The quantitative estimate of drug-likeness (QED) is 0.203. The standard InChI is InChI=1S/C27H35ClN10O3/c1-41-23-4-3-19(28)17-22(23)38-15-13-37(14-16-38)12-2-7-31-26-32-8-5-20(35-26)18-24(39)30-10-11-34-27-33-9-6-21(36-27)25(29)40/h3-6,8-9,17H,2,7,10-16,18H2,1H3,(H2,29,40)(H,30,39)(H,31,32,35)(H,33,34,36). The first-order valence-corrected chi connectivity index (χ1v) is 13.8. The molecule has 1 aliphatic rings. The highest BCUT2D eigenvalue weighted by molar-refractivity contribution is 6.30. The molecule has 1 aromatic carbocycles. The van der Waals surface area contributed by atoms with Crippen LogP contribution < -0.4 is 31.3 Å². The largest absolute Gasteiger partial charge is 0.495 e. The zero-order valence-electron chi connectivity index (χ0n) is 23.0. The van der Waals surface area contributed by atoms with Crippen LogP contribution >= 0.6 is 11.6 Å². The molecule has 0 spiro atoms.